The lowest BCUT2D eigenvalue weighted by molar-refractivity contribution is 0.322. The van der Waals surface area contributed by atoms with Crippen LogP contribution >= 0.6 is 0 Å². The fourth-order valence-corrected chi connectivity index (χ4v) is 2.36. The van der Waals surface area contributed by atoms with Gasteiger partial charge in [0.15, 0.2) is 0 Å². The highest BCUT2D eigenvalue weighted by Gasteiger charge is 2.42. The molecule has 0 amide bonds. The molecule has 0 atom stereocenters. The third-order valence-electron chi connectivity index (χ3n) is 3.99. The molecule has 2 nitrogen and oxygen atoms in total. The topological polar surface area (TPSA) is 38.0 Å². The summed E-state index contributed by atoms with van der Waals surface area (Å²) < 4.78 is 0. The minimum atomic E-state index is 0.435. The number of hydrogen-bond donors (Lipinski definition) is 2. The Morgan fingerprint density at radius 1 is 1.15 bits per heavy atom. The van der Waals surface area contributed by atoms with Crippen LogP contribution in [0.25, 0.3) is 0 Å². The Labute approximate surface area is 81.3 Å². The summed E-state index contributed by atoms with van der Waals surface area (Å²) in [7, 11) is 0. The van der Waals surface area contributed by atoms with E-state index in [0.717, 1.165) is 13.1 Å². The van der Waals surface area contributed by atoms with E-state index in [4.69, 9.17) is 5.73 Å². The maximum Gasteiger partial charge on any atom is 0.0153 e. The van der Waals surface area contributed by atoms with E-state index in [9.17, 15) is 0 Å². The van der Waals surface area contributed by atoms with E-state index in [1.807, 2.05) is 0 Å². The largest absolute Gasteiger partial charge is 0.330 e. The smallest absolute Gasteiger partial charge is 0.0153 e. The average Bonchev–Trinajstić information content (AvgIpc) is 2.81. The molecule has 0 radical (unpaired) electrons. The van der Waals surface area contributed by atoms with Crippen LogP contribution in [0.3, 0.4) is 0 Å². The Bertz CT molecular complexity index is 179. The Morgan fingerprint density at radius 2 is 1.77 bits per heavy atom. The van der Waals surface area contributed by atoms with E-state index in [-0.39, 0.29) is 0 Å². The van der Waals surface area contributed by atoms with Gasteiger partial charge >= 0.3 is 0 Å². The summed E-state index contributed by atoms with van der Waals surface area (Å²) in [6.07, 6.45) is 8.19. The highest BCUT2D eigenvalue weighted by Crippen LogP contribution is 2.44. The van der Waals surface area contributed by atoms with Gasteiger partial charge < -0.3 is 11.1 Å². The lowest BCUT2D eigenvalue weighted by atomic mass is 9.98. The molecule has 0 saturated heterocycles. The van der Waals surface area contributed by atoms with E-state index >= 15 is 0 Å². The molecule has 0 aromatic heterocycles. The molecule has 3 N–H and O–H groups in total. The van der Waals surface area contributed by atoms with E-state index in [1.54, 1.807) is 0 Å². The van der Waals surface area contributed by atoms with Gasteiger partial charge in [-0.2, -0.15) is 0 Å². The fourth-order valence-electron chi connectivity index (χ4n) is 2.36. The molecule has 0 aromatic carbocycles. The van der Waals surface area contributed by atoms with Crippen molar-refractivity contribution in [3.05, 3.63) is 0 Å². The van der Waals surface area contributed by atoms with Crippen molar-refractivity contribution < 1.29 is 0 Å². The second kappa shape index (κ2) is 3.25. The van der Waals surface area contributed by atoms with Gasteiger partial charge in [-0.3, -0.25) is 0 Å². The maximum absolute atomic E-state index is 5.76. The zero-order valence-electron chi connectivity index (χ0n) is 8.73. The molecule has 13 heavy (non-hydrogen) atoms. The average molecular weight is 182 g/mol. The Balaban J connectivity index is 1.78. The van der Waals surface area contributed by atoms with Crippen LogP contribution < -0.4 is 11.1 Å². The van der Waals surface area contributed by atoms with Gasteiger partial charge in [-0.05, 0) is 44.6 Å². The highest BCUT2D eigenvalue weighted by molar-refractivity contribution is 4.99. The van der Waals surface area contributed by atoms with Crippen LogP contribution in [0, 0.1) is 5.41 Å². The van der Waals surface area contributed by atoms with Crippen LogP contribution in [0.5, 0.6) is 0 Å². The SMILES string of the molecule is CC1(NCC2(CN)CC2)CCCC1. The van der Waals surface area contributed by atoms with Gasteiger partial charge in [0.2, 0.25) is 0 Å². The van der Waals surface area contributed by atoms with Gasteiger partial charge in [0, 0.05) is 12.1 Å². The molecule has 0 aromatic rings. The summed E-state index contributed by atoms with van der Waals surface area (Å²) in [5.74, 6) is 0. The fraction of sp³-hybridized carbons (Fsp3) is 1.00. The predicted octanol–water partition coefficient (Wildman–Crippen LogP) is 1.65. The van der Waals surface area contributed by atoms with Crippen molar-refractivity contribution in [2.45, 2.75) is 51.0 Å². The second-order valence-corrected chi connectivity index (χ2v) is 5.33. The Morgan fingerprint density at radius 3 is 2.23 bits per heavy atom. The first kappa shape index (κ1) is 9.47. The third kappa shape index (κ3) is 2.05. The van der Waals surface area contributed by atoms with E-state index < -0.39 is 0 Å². The highest BCUT2D eigenvalue weighted by atomic mass is 15.0. The van der Waals surface area contributed by atoms with Crippen LogP contribution in [0.1, 0.15) is 45.4 Å². The second-order valence-electron chi connectivity index (χ2n) is 5.33. The van der Waals surface area contributed by atoms with E-state index in [2.05, 4.69) is 12.2 Å². The number of hydrogen-bond acceptors (Lipinski definition) is 2. The van der Waals surface area contributed by atoms with Crippen molar-refractivity contribution in [2.75, 3.05) is 13.1 Å². The van der Waals surface area contributed by atoms with Crippen LogP contribution in [-0.4, -0.2) is 18.6 Å². The van der Waals surface area contributed by atoms with Gasteiger partial charge in [0.25, 0.3) is 0 Å². The van der Waals surface area contributed by atoms with E-state index in [0.29, 0.717) is 11.0 Å². The normalized spacial score (nSPS) is 29.1. The quantitative estimate of drug-likeness (QED) is 0.694. The van der Waals surface area contributed by atoms with Crippen molar-refractivity contribution in [3.63, 3.8) is 0 Å². The first-order chi connectivity index (χ1) is 6.18. The van der Waals surface area contributed by atoms with Crippen molar-refractivity contribution in [3.8, 4) is 0 Å². The monoisotopic (exact) mass is 182 g/mol. The molecule has 0 heterocycles. The third-order valence-corrected chi connectivity index (χ3v) is 3.99. The molecule has 0 aliphatic heterocycles. The van der Waals surface area contributed by atoms with Gasteiger partial charge in [0.05, 0.1) is 0 Å². The van der Waals surface area contributed by atoms with Crippen LogP contribution in [0.15, 0.2) is 0 Å². The Hall–Kier alpha value is -0.0800. The van der Waals surface area contributed by atoms with Crippen LogP contribution in [-0.2, 0) is 0 Å². The summed E-state index contributed by atoms with van der Waals surface area (Å²) in [5.41, 5.74) is 6.68. The van der Waals surface area contributed by atoms with Gasteiger partial charge in [-0.15, -0.1) is 0 Å². The first-order valence-corrected chi connectivity index (χ1v) is 5.63. The van der Waals surface area contributed by atoms with Gasteiger partial charge in [-0.1, -0.05) is 12.8 Å². The van der Waals surface area contributed by atoms with Crippen LogP contribution in [0.4, 0.5) is 0 Å². The zero-order chi connectivity index (χ0) is 9.36. The summed E-state index contributed by atoms with van der Waals surface area (Å²) in [6.45, 7) is 4.39. The molecule has 0 unspecified atom stereocenters. The minimum Gasteiger partial charge on any atom is -0.330 e. The molecule has 0 spiro atoms. The molecular weight excluding hydrogens is 160 g/mol. The molecule has 2 heteroatoms. The summed E-state index contributed by atoms with van der Waals surface area (Å²) in [5, 5.41) is 3.73. The molecule has 2 saturated carbocycles. The number of nitrogens with one attached hydrogen (secondary N) is 1. The molecule has 2 aliphatic rings. The number of nitrogens with two attached hydrogens (primary N) is 1. The van der Waals surface area contributed by atoms with Crippen LogP contribution in [0.2, 0.25) is 0 Å². The summed E-state index contributed by atoms with van der Waals surface area (Å²) >= 11 is 0. The van der Waals surface area contributed by atoms with Crippen molar-refractivity contribution in [1.29, 1.82) is 0 Å². The zero-order valence-corrected chi connectivity index (χ0v) is 8.73. The summed E-state index contributed by atoms with van der Waals surface area (Å²) in [4.78, 5) is 0. The van der Waals surface area contributed by atoms with E-state index in [1.165, 1.54) is 38.5 Å². The Kier molecular flexibility index (Phi) is 2.37. The molecule has 76 valence electrons. The van der Waals surface area contributed by atoms with Crippen molar-refractivity contribution in [1.82, 2.24) is 5.32 Å². The standard InChI is InChI=1S/C11H22N2/c1-10(4-2-3-5-10)13-9-11(8-12)6-7-11/h13H,2-9,12H2,1H3. The lowest BCUT2D eigenvalue weighted by Gasteiger charge is -2.28. The predicted molar refractivity (Wildman–Crippen MR) is 55.6 cm³/mol. The lowest BCUT2D eigenvalue weighted by Crippen LogP contribution is -2.44. The van der Waals surface area contributed by atoms with Crippen molar-refractivity contribution in [2.24, 2.45) is 11.1 Å². The molecule has 0 bridgehead atoms. The summed E-state index contributed by atoms with van der Waals surface area (Å²) in [6, 6.07) is 0. The number of rotatable bonds is 4. The molecular formula is C11H22N2. The minimum absolute atomic E-state index is 0.435. The molecule has 2 rings (SSSR count). The molecule has 2 fully saturated rings. The van der Waals surface area contributed by atoms with Gasteiger partial charge in [-0.25, -0.2) is 0 Å². The molecule has 2 aliphatic carbocycles. The first-order valence-electron chi connectivity index (χ1n) is 5.63. The van der Waals surface area contributed by atoms with Crippen molar-refractivity contribution >= 4 is 0 Å². The van der Waals surface area contributed by atoms with Gasteiger partial charge in [0.1, 0.15) is 0 Å². The maximum atomic E-state index is 5.76.